The molecule has 2 aromatic rings. The van der Waals surface area contributed by atoms with E-state index in [2.05, 4.69) is 34.4 Å². The van der Waals surface area contributed by atoms with Gasteiger partial charge >= 0.3 is 0 Å². The molecule has 0 aliphatic rings. The second kappa shape index (κ2) is 5.08. The van der Waals surface area contributed by atoms with Crippen LogP contribution in [0.1, 0.15) is 31.6 Å². The summed E-state index contributed by atoms with van der Waals surface area (Å²) in [6, 6.07) is 5.80. The summed E-state index contributed by atoms with van der Waals surface area (Å²) < 4.78 is 2.96. The number of aromatic nitrogens is 2. The first-order chi connectivity index (χ1) is 7.74. The van der Waals surface area contributed by atoms with E-state index in [1.165, 1.54) is 0 Å². The summed E-state index contributed by atoms with van der Waals surface area (Å²) >= 11 is 10.1. The van der Waals surface area contributed by atoms with E-state index < -0.39 is 0 Å². The number of halogens is 1. The minimum Gasteiger partial charge on any atom is -0.341 e. The van der Waals surface area contributed by atoms with Crippen molar-refractivity contribution in [3.05, 3.63) is 29.0 Å². The molecule has 0 spiro atoms. The predicted octanol–water partition coefficient (Wildman–Crippen LogP) is 3.49. The smallest absolute Gasteiger partial charge is 0.125 e. The van der Waals surface area contributed by atoms with Gasteiger partial charge in [0.1, 0.15) is 5.82 Å². The molecule has 2 N–H and O–H groups in total. The Kier molecular flexibility index (Phi) is 3.74. The molecular weight excluding hydrogens is 242 g/mol. The van der Waals surface area contributed by atoms with Crippen LogP contribution in [0, 0.1) is 0 Å². The number of fused-ring (bicyclic) bond motifs is 1. The van der Waals surface area contributed by atoms with Gasteiger partial charge in [-0.3, -0.25) is 4.72 Å². The zero-order valence-electron chi connectivity index (χ0n) is 9.00. The summed E-state index contributed by atoms with van der Waals surface area (Å²) in [6.07, 6.45) is 2.08. The fourth-order valence-electron chi connectivity index (χ4n) is 1.72. The Morgan fingerprint density at radius 1 is 1.56 bits per heavy atom. The van der Waals surface area contributed by atoms with Crippen LogP contribution in [0.4, 0.5) is 0 Å². The molecule has 1 atom stereocenters. The maximum Gasteiger partial charge on any atom is 0.125 e. The number of imidazole rings is 1. The van der Waals surface area contributed by atoms with Crippen LogP contribution in [0.15, 0.2) is 18.2 Å². The molecule has 3 nitrogen and oxygen atoms in total. The molecule has 1 aromatic heterocycles. The second-order valence-electron chi connectivity index (χ2n) is 3.75. The maximum absolute atomic E-state index is 5.92. The third-order valence-electron chi connectivity index (χ3n) is 2.53. The van der Waals surface area contributed by atoms with Gasteiger partial charge in [-0.25, -0.2) is 4.98 Å². The fraction of sp³-hybridized carbons (Fsp3) is 0.364. The average molecular weight is 256 g/mol. The number of nitrogens with one attached hydrogen (secondary N) is 2. The van der Waals surface area contributed by atoms with E-state index in [0.29, 0.717) is 5.02 Å². The zero-order chi connectivity index (χ0) is 11.5. The quantitative estimate of drug-likeness (QED) is 0.732. The number of rotatable bonds is 4. The Morgan fingerprint density at radius 3 is 3.06 bits per heavy atom. The number of aromatic amines is 1. The molecule has 16 heavy (non-hydrogen) atoms. The summed E-state index contributed by atoms with van der Waals surface area (Å²) in [4.78, 5) is 7.78. The van der Waals surface area contributed by atoms with Gasteiger partial charge in [-0.1, -0.05) is 37.8 Å². The van der Waals surface area contributed by atoms with Crippen molar-refractivity contribution in [2.24, 2.45) is 0 Å². The number of hydrogen-bond acceptors (Lipinski definition) is 3. The van der Waals surface area contributed by atoms with Crippen molar-refractivity contribution in [3.63, 3.8) is 0 Å². The fourth-order valence-corrected chi connectivity index (χ4v) is 2.14. The maximum atomic E-state index is 5.92. The molecule has 0 unspecified atom stereocenters. The van der Waals surface area contributed by atoms with E-state index in [-0.39, 0.29) is 6.04 Å². The zero-order valence-corrected chi connectivity index (χ0v) is 10.6. The van der Waals surface area contributed by atoms with Crippen LogP contribution in [0.2, 0.25) is 5.02 Å². The van der Waals surface area contributed by atoms with Crippen LogP contribution in [-0.4, -0.2) is 9.97 Å². The van der Waals surface area contributed by atoms with Gasteiger partial charge in [0.25, 0.3) is 0 Å². The van der Waals surface area contributed by atoms with Crippen molar-refractivity contribution in [3.8, 4) is 0 Å². The summed E-state index contributed by atoms with van der Waals surface area (Å²) in [5.41, 5.74) is 1.90. The van der Waals surface area contributed by atoms with Crippen molar-refractivity contribution in [2.75, 3.05) is 0 Å². The SMILES string of the molecule is CCC[C@H](NS)c1nc2ccc(Cl)cc2[nH]1. The lowest BCUT2D eigenvalue weighted by Gasteiger charge is -2.10. The van der Waals surface area contributed by atoms with Crippen molar-refractivity contribution in [1.29, 1.82) is 0 Å². The minimum absolute atomic E-state index is 0.152. The highest BCUT2D eigenvalue weighted by Gasteiger charge is 2.13. The molecule has 86 valence electrons. The number of nitrogens with zero attached hydrogens (tertiary/aromatic N) is 1. The molecular formula is C11H14ClN3S. The largest absolute Gasteiger partial charge is 0.341 e. The van der Waals surface area contributed by atoms with Gasteiger partial charge in [-0.15, -0.1) is 0 Å². The highest BCUT2D eigenvalue weighted by Crippen LogP contribution is 2.22. The molecule has 0 fully saturated rings. The van der Waals surface area contributed by atoms with Gasteiger partial charge in [0, 0.05) is 5.02 Å². The number of thiol groups is 1. The summed E-state index contributed by atoms with van der Waals surface area (Å²) in [7, 11) is 0. The van der Waals surface area contributed by atoms with Crippen LogP contribution in [0.3, 0.4) is 0 Å². The number of H-pyrrole nitrogens is 1. The number of hydrogen-bond donors (Lipinski definition) is 3. The Hall–Kier alpha value is -0.710. The molecule has 0 aliphatic carbocycles. The van der Waals surface area contributed by atoms with Crippen LogP contribution >= 0.6 is 24.4 Å². The van der Waals surface area contributed by atoms with Gasteiger partial charge < -0.3 is 4.98 Å². The highest BCUT2D eigenvalue weighted by atomic mass is 35.5. The molecule has 0 aliphatic heterocycles. The van der Waals surface area contributed by atoms with Crippen molar-refractivity contribution >= 4 is 35.4 Å². The molecule has 1 heterocycles. The van der Waals surface area contributed by atoms with E-state index in [0.717, 1.165) is 29.7 Å². The molecule has 2 rings (SSSR count). The Balaban J connectivity index is 2.37. The van der Waals surface area contributed by atoms with Crippen LogP contribution in [-0.2, 0) is 0 Å². The molecule has 0 saturated heterocycles. The number of benzene rings is 1. The molecule has 0 radical (unpaired) electrons. The second-order valence-corrected chi connectivity index (χ2v) is 4.45. The Labute approximate surface area is 105 Å². The van der Waals surface area contributed by atoms with Crippen molar-refractivity contribution < 1.29 is 0 Å². The van der Waals surface area contributed by atoms with Gasteiger partial charge in [0.05, 0.1) is 17.1 Å². The van der Waals surface area contributed by atoms with Gasteiger partial charge in [-0.05, 0) is 24.6 Å². The first kappa shape index (κ1) is 11.8. The van der Waals surface area contributed by atoms with E-state index in [9.17, 15) is 0 Å². The van der Waals surface area contributed by atoms with Gasteiger partial charge in [0.2, 0.25) is 0 Å². The standard InChI is InChI=1S/C11H14ClN3S/c1-2-3-9(15-16)11-13-8-5-4-7(12)6-10(8)14-11/h4-6,9,15-16H,2-3H2,1H3,(H,13,14)/t9-/m0/s1. The summed E-state index contributed by atoms with van der Waals surface area (Å²) in [6.45, 7) is 2.14. The monoisotopic (exact) mass is 255 g/mol. The minimum atomic E-state index is 0.152. The lowest BCUT2D eigenvalue weighted by molar-refractivity contribution is 0.578. The van der Waals surface area contributed by atoms with E-state index in [1.54, 1.807) is 0 Å². The van der Waals surface area contributed by atoms with Crippen LogP contribution < -0.4 is 4.72 Å². The molecule has 0 bridgehead atoms. The van der Waals surface area contributed by atoms with Gasteiger partial charge in [-0.2, -0.15) is 0 Å². The van der Waals surface area contributed by atoms with E-state index in [4.69, 9.17) is 11.6 Å². The third kappa shape index (κ3) is 2.34. The van der Waals surface area contributed by atoms with Gasteiger partial charge in [0.15, 0.2) is 0 Å². The average Bonchev–Trinajstić information content (AvgIpc) is 2.68. The normalized spacial score (nSPS) is 13.2. The first-order valence-corrected chi connectivity index (χ1v) is 6.12. The summed E-state index contributed by atoms with van der Waals surface area (Å²) in [5.74, 6) is 0.911. The Morgan fingerprint density at radius 2 is 2.38 bits per heavy atom. The highest BCUT2D eigenvalue weighted by molar-refractivity contribution is 7.78. The van der Waals surface area contributed by atoms with Crippen molar-refractivity contribution in [2.45, 2.75) is 25.8 Å². The molecule has 1 aromatic carbocycles. The molecule has 0 amide bonds. The molecule has 5 heteroatoms. The topological polar surface area (TPSA) is 40.7 Å². The van der Waals surface area contributed by atoms with Crippen LogP contribution in [0.5, 0.6) is 0 Å². The van der Waals surface area contributed by atoms with Crippen molar-refractivity contribution in [1.82, 2.24) is 14.7 Å². The molecule has 0 saturated carbocycles. The lowest BCUT2D eigenvalue weighted by Crippen LogP contribution is -2.12. The van der Waals surface area contributed by atoms with E-state index in [1.807, 2.05) is 18.2 Å². The third-order valence-corrected chi connectivity index (χ3v) is 3.07. The predicted molar refractivity (Wildman–Crippen MR) is 70.9 cm³/mol. The summed E-state index contributed by atoms with van der Waals surface area (Å²) in [5, 5.41) is 0.716. The van der Waals surface area contributed by atoms with E-state index >= 15 is 0 Å². The van der Waals surface area contributed by atoms with Crippen LogP contribution in [0.25, 0.3) is 11.0 Å². The lowest BCUT2D eigenvalue weighted by atomic mass is 10.2. The first-order valence-electron chi connectivity index (χ1n) is 5.29. The Bertz CT molecular complexity index is 483.